The third-order valence-electron chi connectivity index (χ3n) is 4.03. The lowest BCUT2D eigenvalue weighted by atomic mass is 10.0. The van der Waals surface area contributed by atoms with Gasteiger partial charge in [0, 0.05) is 41.8 Å². The normalized spacial score (nSPS) is 18.0. The van der Waals surface area contributed by atoms with Crippen LogP contribution in [0.4, 0.5) is 5.69 Å². The van der Waals surface area contributed by atoms with Crippen molar-refractivity contribution >= 4 is 5.69 Å². The molecule has 19 heavy (non-hydrogen) atoms. The molecule has 1 aromatic rings. The summed E-state index contributed by atoms with van der Waals surface area (Å²) in [6.07, 6.45) is 5.78. The Morgan fingerprint density at radius 3 is 2.84 bits per heavy atom. The molecule has 0 saturated carbocycles. The van der Waals surface area contributed by atoms with Crippen molar-refractivity contribution in [3.8, 4) is 0 Å². The van der Waals surface area contributed by atoms with Crippen LogP contribution >= 0.6 is 0 Å². The van der Waals surface area contributed by atoms with Crippen LogP contribution in [-0.4, -0.2) is 23.6 Å². The average molecular weight is 261 g/mol. The average Bonchev–Trinajstić information content (AvgIpc) is 2.71. The number of pyridine rings is 1. The van der Waals surface area contributed by atoms with Gasteiger partial charge in [0.05, 0.1) is 0 Å². The van der Waals surface area contributed by atoms with E-state index in [-0.39, 0.29) is 5.54 Å². The van der Waals surface area contributed by atoms with Gasteiger partial charge in [-0.25, -0.2) is 0 Å². The van der Waals surface area contributed by atoms with Crippen molar-refractivity contribution in [2.24, 2.45) is 0 Å². The Balaban J connectivity index is 2.24. The molecule has 3 nitrogen and oxygen atoms in total. The highest BCUT2D eigenvalue weighted by Gasteiger charge is 2.33. The summed E-state index contributed by atoms with van der Waals surface area (Å²) < 4.78 is 0. The lowest BCUT2D eigenvalue weighted by Gasteiger charge is -2.35. The summed E-state index contributed by atoms with van der Waals surface area (Å²) in [7, 11) is 0. The molecule has 1 fully saturated rings. The van der Waals surface area contributed by atoms with E-state index in [0.29, 0.717) is 0 Å². The molecule has 2 rings (SSSR count). The predicted molar refractivity (Wildman–Crippen MR) is 81.6 cm³/mol. The van der Waals surface area contributed by atoms with Crippen molar-refractivity contribution in [3.05, 3.63) is 23.5 Å². The summed E-state index contributed by atoms with van der Waals surface area (Å²) in [5, 5.41) is 3.50. The number of hydrogen-bond acceptors (Lipinski definition) is 3. The van der Waals surface area contributed by atoms with Crippen molar-refractivity contribution in [1.29, 1.82) is 0 Å². The van der Waals surface area contributed by atoms with Gasteiger partial charge in [-0.05, 0) is 52.6 Å². The van der Waals surface area contributed by atoms with E-state index in [2.05, 4.69) is 49.0 Å². The molecule has 1 aliphatic heterocycles. The monoisotopic (exact) mass is 261 g/mol. The molecule has 106 valence electrons. The quantitative estimate of drug-likeness (QED) is 0.825. The maximum absolute atomic E-state index is 4.47. The molecule has 1 aromatic heterocycles. The van der Waals surface area contributed by atoms with Gasteiger partial charge in [0.15, 0.2) is 0 Å². The molecule has 3 heteroatoms. The molecule has 1 N–H and O–H groups in total. The summed E-state index contributed by atoms with van der Waals surface area (Å²) in [5.74, 6) is 0. The Morgan fingerprint density at radius 2 is 2.21 bits per heavy atom. The van der Waals surface area contributed by atoms with E-state index in [1.165, 1.54) is 30.5 Å². The molecule has 0 amide bonds. The molecule has 2 heterocycles. The maximum Gasteiger partial charge on any atom is 0.0449 e. The number of nitrogens with one attached hydrogen (secondary N) is 1. The summed E-state index contributed by atoms with van der Waals surface area (Å²) in [6, 6.07) is 2.25. The molecular formula is C16H27N3. The second-order valence-corrected chi connectivity index (χ2v) is 6.20. The minimum absolute atomic E-state index is 0.271. The molecular weight excluding hydrogens is 234 g/mol. The Hall–Kier alpha value is -1.09. The summed E-state index contributed by atoms with van der Waals surface area (Å²) >= 11 is 0. The Kier molecular flexibility index (Phi) is 4.46. The topological polar surface area (TPSA) is 28.2 Å². The minimum atomic E-state index is 0.271. The highest BCUT2D eigenvalue weighted by atomic mass is 15.2. The van der Waals surface area contributed by atoms with Crippen LogP contribution in [0.25, 0.3) is 0 Å². The molecule has 0 unspecified atom stereocenters. The lowest BCUT2D eigenvalue weighted by molar-refractivity contribution is 0.515. The second kappa shape index (κ2) is 5.91. The van der Waals surface area contributed by atoms with Gasteiger partial charge in [-0.15, -0.1) is 0 Å². The first kappa shape index (κ1) is 14.3. The zero-order valence-electron chi connectivity index (χ0n) is 12.8. The largest absolute Gasteiger partial charge is 0.366 e. The number of aromatic nitrogens is 1. The first-order valence-electron chi connectivity index (χ1n) is 7.48. The van der Waals surface area contributed by atoms with Crippen LogP contribution in [0.2, 0.25) is 0 Å². The second-order valence-electron chi connectivity index (χ2n) is 6.20. The Bertz CT molecular complexity index is 426. The van der Waals surface area contributed by atoms with Gasteiger partial charge in [-0.3, -0.25) is 4.98 Å². The SMILES string of the molecule is CCCNCc1cnc(C)cc1N1CCCC1(C)C. The van der Waals surface area contributed by atoms with Crippen molar-refractivity contribution < 1.29 is 0 Å². The van der Waals surface area contributed by atoms with Crippen molar-refractivity contribution in [2.75, 3.05) is 18.0 Å². The number of nitrogens with zero attached hydrogens (tertiary/aromatic N) is 2. The molecule has 0 atom stereocenters. The standard InChI is InChI=1S/C16H27N3/c1-5-8-17-11-14-12-18-13(2)10-15(14)19-9-6-7-16(19,3)4/h10,12,17H,5-9,11H2,1-4H3. The number of anilines is 1. The van der Waals surface area contributed by atoms with Crippen LogP contribution in [0, 0.1) is 6.92 Å². The minimum Gasteiger partial charge on any atom is -0.366 e. The van der Waals surface area contributed by atoms with E-state index in [1.807, 2.05) is 6.20 Å². The van der Waals surface area contributed by atoms with Gasteiger partial charge in [-0.2, -0.15) is 0 Å². The molecule has 0 aromatic carbocycles. The van der Waals surface area contributed by atoms with Gasteiger partial charge >= 0.3 is 0 Å². The fourth-order valence-electron chi connectivity index (χ4n) is 2.91. The van der Waals surface area contributed by atoms with Crippen LogP contribution in [0.5, 0.6) is 0 Å². The van der Waals surface area contributed by atoms with Crippen LogP contribution < -0.4 is 10.2 Å². The van der Waals surface area contributed by atoms with Gasteiger partial charge in [0.2, 0.25) is 0 Å². The van der Waals surface area contributed by atoms with E-state index in [9.17, 15) is 0 Å². The Labute approximate surface area is 117 Å². The van der Waals surface area contributed by atoms with Crippen molar-refractivity contribution in [1.82, 2.24) is 10.3 Å². The van der Waals surface area contributed by atoms with Crippen molar-refractivity contribution in [3.63, 3.8) is 0 Å². The van der Waals surface area contributed by atoms with Crippen LogP contribution in [-0.2, 0) is 6.54 Å². The third-order valence-corrected chi connectivity index (χ3v) is 4.03. The third kappa shape index (κ3) is 3.27. The van der Waals surface area contributed by atoms with Crippen molar-refractivity contribution in [2.45, 2.75) is 59.0 Å². The van der Waals surface area contributed by atoms with E-state index in [0.717, 1.165) is 25.3 Å². The zero-order chi connectivity index (χ0) is 13.9. The summed E-state index contributed by atoms with van der Waals surface area (Å²) in [5.41, 5.74) is 4.08. The number of aryl methyl sites for hydroxylation is 1. The molecule has 0 spiro atoms. The van der Waals surface area contributed by atoms with Crippen LogP contribution in [0.15, 0.2) is 12.3 Å². The first-order valence-corrected chi connectivity index (χ1v) is 7.48. The summed E-state index contributed by atoms with van der Waals surface area (Å²) in [6.45, 7) is 12.1. The summed E-state index contributed by atoms with van der Waals surface area (Å²) in [4.78, 5) is 7.03. The Morgan fingerprint density at radius 1 is 1.42 bits per heavy atom. The lowest BCUT2D eigenvalue weighted by Crippen LogP contribution is -2.39. The van der Waals surface area contributed by atoms with E-state index in [1.54, 1.807) is 0 Å². The van der Waals surface area contributed by atoms with E-state index < -0.39 is 0 Å². The fraction of sp³-hybridized carbons (Fsp3) is 0.688. The molecule has 0 aliphatic carbocycles. The van der Waals surface area contributed by atoms with Gasteiger partial charge in [-0.1, -0.05) is 6.92 Å². The van der Waals surface area contributed by atoms with Gasteiger partial charge < -0.3 is 10.2 Å². The van der Waals surface area contributed by atoms with E-state index in [4.69, 9.17) is 0 Å². The van der Waals surface area contributed by atoms with E-state index >= 15 is 0 Å². The molecule has 1 aliphatic rings. The molecule has 1 saturated heterocycles. The zero-order valence-corrected chi connectivity index (χ0v) is 12.8. The van der Waals surface area contributed by atoms with Gasteiger partial charge in [0.25, 0.3) is 0 Å². The molecule has 0 bridgehead atoms. The first-order chi connectivity index (χ1) is 9.04. The van der Waals surface area contributed by atoms with Crippen LogP contribution in [0.3, 0.4) is 0 Å². The molecule has 0 radical (unpaired) electrons. The smallest absolute Gasteiger partial charge is 0.0449 e. The number of hydrogen-bond donors (Lipinski definition) is 1. The fourth-order valence-corrected chi connectivity index (χ4v) is 2.91. The predicted octanol–water partition coefficient (Wildman–Crippen LogP) is 3.27. The van der Waals surface area contributed by atoms with Gasteiger partial charge in [0.1, 0.15) is 0 Å². The highest BCUT2D eigenvalue weighted by Crippen LogP contribution is 2.35. The number of rotatable bonds is 5. The highest BCUT2D eigenvalue weighted by molar-refractivity contribution is 5.56. The maximum atomic E-state index is 4.47. The van der Waals surface area contributed by atoms with Crippen LogP contribution in [0.1, 0.15) is 51.3 Å².